The number of nitrogen functional groups attached to an aromatic ring is 1. The number of amides is 4. The molecular weight excluding hydrogens is 588 g/mol. The van der Waals surface area contributed by atoms with Gasteiger partial charge in [0.1, 0.15) is 11.8 Å². The van der Waals surface area contributed by atoms with Crippen molar-refractivity contribution in [3.8, 4) is 16.9 Å². The minimum absolute atomic E-state index is 0.0991. The zero-order chi connectivity index (χ0) is 32.1. The number of piperidine rings is 1. The number of nitrogens with two attached hydrogens (primary N) is 1. The first-order valence-corrected chi connectivity index (χ1v) is 15.7. The fourth-order valence-electron chi connectivity index (χ4n) is 7.22. The standard InChI is InChI=1S/C33H38N8O5/c1-37-19-21(16-35-37)24-14-26(34)29(46-2)15-28(24)39-11-9-38(10-12-39)17-20-7-8-40(18-20)22-3-4-23-25(13-22)33(45)41(32(23)44)27-5-6-30(42)36-31(27)43/h3-4,13-16,19-20,27H,5-12,17-18,34H2,1-2H3,(H,36,42,43). The molecule has 240 valence electrons. The Hall–Kier alpha value is -4.91. The van der Waals surface area contributed by atoms with Crippen LogP contribution in [0.4, 0.5) is 17.1 Å². The fraction of sp³-hybridized carbons (Fsp3) is 0.424. The molecule has 2 unspecified atom stereocenters. The third-order valence-corrected chi connectivity index (χ3v) is 9.67. The van der Waals surface area contributed by atoms with Gasteiger partial charge in [-0.15, -0.1) is 0 Å². The highest BCUT2D eigenvalue weighted by atomic mass is 16.5. The summed E-state index contributed by atoms with van der Waals surface area (Å²) in [5.74, 6) is -0.809. The second kappa shape index (κ2) is 11.8. The van der Waals surface area contributed by atoms with Crippen molar-refractivity contribution in [2.45, 2.75) is 25.3 Å². The molecule has 7 rings (SSSR count). The molecule has 13 nitrogen and oxygen atoms in total. The fourth-order valence-corrected chi connectivity index (χ4v) is 7.22. The number of aryl methyl sites for hydroxylation is 1. The van der Waals surface area contributed by atoms with Gasteiger partial charge >= 0.3 is 0 Å². The van der Waals surface area contributed by atoms with Crippen LogP contribution in [0.5, 0.6) is 5.75 Å². The lowest BCUT2D eigenvalue weighted by Crippen LogP contribution is -2.54. The summed E-state index contributed by atoms with van der Waals surface area (Å²) >= 11 is 0. The number of carbonyl (C=O) groups excluding carboxylic acids is 4. The molecule has 5 heterocycles. The molecule has 4 amide bonds. The molecule has 0 bridgehead atoms. The van der Waals surface area contributed by atoms with Gasteiger partial charge in [-0.05, 0) is 43.0 Å². The molecule has 0 spiro atoms. The molecular formula is C33H38N8O5. The maximum Gasteiger partial charge on any atom is 0.262 e. The van der Waals surface area contributed by atoms with Crippen LogP contribution in [-0.2, 0) is 16.6 Å². The summed E-state index contributed by atoms with van der Waals surface area (Å²) < 4.78 is 7.34. The number of hydrogen-bond donors (Lipinski definition) is 2. The predicted octanol–water partition coefficient (Wildman–Crippen LogP) is 1.73. The van der Waals surface area contributed by atoms with Crippen LogP contribution in [0.2, 0.25) is 0 Å². The molecule has 2 atom stereocenters. The molecule has 1 aromatic heterocycles. The number of ether oxygens (including phenoxy) is 1. The second-order valence-corrected chi connectivity index (χ2v) is 12.6. The molecule has 3 N–H and O–H groups in total. The summed E-state index contributed by atoms with van der Waals surface area (Å²) in [5, 5.41) is 6.60. The Morgan fingerprint density at radius 2 is 1.72 bits per heavy atom. The predicted molar refractivity (Wildman–Crippen MR) is 172 cm³/mol. The molecule has 3 aromatic rings. The van der Waals surface area contributed by atoms with Gasteiger partial charge in [-0.25, -0.2) is 0 Å². The van der Waals surface area contributed by atoms with E-state index in [2.05, 4.69) is 25.1 Å². The summed E-state index contributed by atoms with van der Waals surface area (Å²) in [4.78, 5) is 58.6. The number of piperazine rings is 1. The average molecular weight is 627 g/mol. The van der Waals surface area contributed by atoms with Crippen molar-refractivity contribution in [2.24, 2.45) is 13.0 Å². The molecule has 0 radical (unpaired) electrons. The van der Waals surface area contributed by atoms with E-state index in [1.807, 2.05) is 37.6 Å². The first-order chi connectivity index (χ1) is 22.2. The van der Waals surface area contributed by atoms with Gasteiger partial charge in [-0.3, -0.25) is 39.0 Å². The van der Waals surface area contributed by atoms with Gasteiger partial charge in [0.05, 0.1) is 30.1 Å². The Morgan fingerprint density at radius 3 is 2.43 bits per heavy atom. The Kier molecular flexibility index (Phi) is 7.63. The number of methoxy groups -OCH3 is 1. The van der Waals surface area contributed by atoms with Crippen LogP contribution in [0.1, 0.15) is 40.0 Å². The summed E-state index contributed by atoms with van der Waals surface area (Å²) in [6.45, 7) is 6.32. The number of imide groups is 2. The van der Waals surface area contributed by atoms with Crippen LogP contribution in [-0.4, -0.2) is 102 Å². The second-order valence-electron chi connectivity index (χ2n) is 12.6. The first kappa shape index (κ1) is 29.8. The average Bonchev–Trinajstić information content (AvgIpc) is 3.76. The van der Waals surface area contributed by atoms with Crippen molar-refractivity contribution < 1.29 is 23.9 Å². The zero-order valence-corrected chi connectivity index (χ0v) is 26.1. The van der Waals surface area contributed by atoms with Crippen molar-refractivity contribution >= 4 is 40.7 Å². The number of nitrogens with zero attached hydrogens (tertiary/aromatic N) is 6. The highest BCUT2D eigenvalue weighted by Crippen LogP contribution is 2.39. The molecule has 4 aliphatic rings. The van der Waals surface area contributed by atoms with Crippen molar-refractivity contribution in [3.05, 3.63) is 53.9 Å². The molecule has 2 aromatic carbocycles. The minimum atomic E-state index is -0.964. The first-order valence-electron chi connectivity index (χ1n) is 15.7. The molecule has 4 aliphatic heterocycles. The monoisotopic (exact) mass is 626 g/mol. The van der Waals surface area contributed by atoms with Crippen LogP contribution in [0.25, 0.3) is 11.1 Å². The lowest BCUT2D eigenvalue weighted by Gasteiger charge is -2.38. The van der Waals surface area contributed by atoms with E-state index in [1.165, 1.54) is 0 Å². The van der Waals surface area contributed by atoms with Crippen LogP contribution in [0.15, 0.2) is 42.7 Å². The van der Waals surface area contributed by atoms with Crippen LogP contribution < -0.4 is 25.6 Å². The number of anilines is 3. The summed E-state index contributed by atoms with van der Waals surface area (Å²) in [6, 6.07) is 8.40. The van der Waals surface area contributed by atoms with Crippen LogP contribution >= 0.6 is 0 Å². The lowest BCUT2D eigenvalue weighted by molar-refractivity contribution is -0.136. The van der Waals surface area contributed by atoms with E-state index >= 15 is 0 Å². The third-order valence-electron chi connectivity index (χ3n) is 9.67. The van der Waals surface area contributed by atoms with Gasteiger partial charge in [0.2, 0.25) is 11.8 Å². The van der Waals surface area contributed by atoms with Gasteiger partial charge in [-0.1, -0.05) is 0 Å². The maximum absolute atomic E-state index is 13.3. The van der Waals surface area contributed by atoms with E-state index < -0.39 is 23.8 Å². The highest BCUT2D eigenvalue weighted by molar-refractivity contribution is 6.23. The summed E-state index contributed by atoms with van der Waals surface area (Å²) in [5.41, 5.74) is 11.6. The third kappa shape index (κ3) is 5.34. The number of rotatable bonds is 7. The van der Waals surface area contributed by atoms with E-state index in [0.29, 0.717) is 28.5 Å². The lowest BCUT2D eigenvalue weighted by atomic mass is 10.0. The number of fused-ring (bicyclic) bond motifs is 1. The van der Waals surface area contributed by atoms with Gasteiger partial charge in [-0.2, -0.15) is 5.10 Å². The van der Waals surface area contributed by atoms with E-state index in [4.69, 9.17) is 10.5 Å². The Labute approximate surface area is 266 Å². The van der Waals surface area contributed by atoms with E-state index in [1.54, 1.807) is 23.9 Å². The largest absolute Gasteiger partial charge is 0.495 e. The van der Waals surface area contributed by atoms with Crippen LogP contribution in [0.3, 0.4) is 0 Å². The molecule has 3 saturated heterocycles. The van der Waals surface area contributed by atoms with Crippen LogP contribution in [0, 0.1) is 5.92 Å². The van der Waals surface area contributed by atoms with Gasteiger partial charge < -0.3 is 20.3 Å². The van der Waals surface area contributed by atoms with Gasteiger partial charge in [0.25, 0.3) is 11.8 Å². The number of carbonyl (C=O) groups is 4. The number of aromatic nitrogens is 2. The van der Waals surface area contributed by atoms with E-state index in [0.717, 1.165) is 79.6 Å². The zero-order valence-electron chi connectivity index (χ0n) is 26.1. The molecule has 13 heteroatoms. The van der Waals surface area contributed by atoms with E-state index in [-0.39, 0.29) is 18.7 Å². The van der Waals surface area contributed by atoms with Gasteiger partial charge in [0, 0.05) is 94.0 Å². The molecule has 46 heavy (non-hydrogen) atoms. The topological polar surface area (TPSA) is 146 Å². The normalized spacial score (nSPS) is 22.1. The number of nitrogens with one attached hydrogen (secondary N) is 1. The summed E-state index contributed by atoms with van der Waals surface area (Å²) in [6.07, 6.45) is 5.13. The Bertz CT molecular complexity index is 1730. The van der Waals surface area contributed by atoms with Gasteiger partial charge in [0.15, 0.2) is 0 Å². The molecule has 0 saturated carbocycles. The summed E-state index contributed by atoms with van der Waals surface area (Å²) in [7, 11) is 3.54. The van der Waals surface area contributed by atoms with Crippen molar-refractivity contribution in [1.29, 1.82) is 0 Å². The van der Waals surface area contributed by atoms with Crippen molar-refractivity contribution in [1.82, 2.24) is 24.9 Å². The van der Waals surface area contributed by atoms with Crippen molar-refractivity contribution in [2.75, 3.05) is 68.5 Å². The maximum atomic E-state index is 13.3. The molecule has 0 aliphatic carbocycles. The number of benzene rings is 2. The van der Waals surface area contributed by atoms with E-state index in [9.17, 15) is 19.2 Å². The smallest absolute Gasteiger partial charge is 0.262 e. The SMILES string of the molecule is COc1cc(N2CCN(CC3CCN(c4ccc5c(c4)C(=O)N(C4CCC(=O)NC4=O)C5=O)C3)CC2)c(-c2cnn(C)c2)cc1N. The Balaban J connectivity index is 0.979. The van der Waals surface area contributed by atoms with Crippen molar-refractivity contribution in [3.63, 3.8) is 0 Å². The Morgan fingerprint density at radius 1 is 0.935 bits per heavy atom. The molecule has 3 fully saturated rings. The number of hydrogen-bond acceptors (Lipinski definition) is 10. The highest BCUT2D eigenvalue weighted by Gasteiger charge is 2.45. The quantitative estimate of drug-likeness (QED) is 0.294. The minimum Gasteiger partial charge on any atom is -0.495 e.